The zero-order valence-corrected chi connectivity index (χ0v) is 11.9. The molecule has 114 valence electrons. The second-order valence-electron chi connectivity index (χ2n) is 5.64. The smallest absolute Gasteiger partial charge is 0.324 e. The molecule has 8 heteroatoms. The van der Waals surface area contributed by atoms with Crippen LogP contribution in [0, 0.1) is 5.92 Å². The normalized spacial score (nSPS) is 23.3. The lowest BCUT2D eigenvalue weighted by molar-refractivity contribution is -0.129. The zero-order valence-electron chi connectivity index (χ0n) is 11.9. The van der Waals surface area contributed by atoms with Gasteiger partial charge < -0.3 is 5.32 Å². The highest BCUT2D eigenvalue weighted by atomic mass is 16.2. The van der Waals surface area contributed by atoms with Crippen molar-refractivity contribution in [3.05, 3.63) is 12.7 Å². The molecular weight excluding hydrogens is 272 g/mol. The van der Waals surface area contributed by atoms with E-state index in [9.17, 15) is 9.59 Å². The highest BCUT2D eigenvalue weighted by molar-refractivity contribution is 5.96. The third-order valence-corrected chi connectivity index (χ3v) is 4.03. The van der Waals surface area contributed by atoms with Crippen LogP contribution in [0.1, 0.15) is 12.8 Å². The first kappa shape index (κ1) is 14.0. The van der Waals surface area contributed by atoms with E-state index < -0.39 is 0 Å². The number of rotatable bonds is 4. The summed E-state index contributed by atoms with van der Waals surface area (Å²) in [5.41, 5.74) is 0. The van der Waals surface area contributed by atoms with Crippen LogP contribution in [0.3, 0.4) is 0 Å². The first-order valence-corrected chi connectivity index (χ1v) is 7.35. The maximum absolute atomic E-state index is 12.1. The van der Waals surface area contributed by atoms with Crippen molar-refractivity contribution in [1.29, 1.82) is 0 Å². The van der Waals surface area contributed by atoms with Crippen LogP contribution >= 0.6 is 0 Å². The van der Waals surface area contributed by atoms with Crippen LogP contribution in [0.25, 0.3) is 0 Å². The number of carbonyl (C=O) groups excluding carboxylic acids is 2. The van der Waals surface area contributed by atoms with E-state index in [2.05, 4.69) is 20.3 Å². The van der Waals surface area contributed by atoms with E-state index in [0.717, 1.165) is 32.5 Å². The Morgan fingerprint density at radius 1 is 1.43 bits per heavy atom. The van der Waals surface area contributed by atoms with Crippen molar-refractivity contribution in [3.8, 4) is 0 Å². The molecule has 1 aromatic heterocycles. The summed E-state index contributed by atoms with van der Waals surface area (Å²) in [6, 6.07) is -0.267. The van der Waals surface area contributed by atoms with Crippen LogP contribution in [0.5, 0.6) is 0 Å². The van der Waals surface area contributed by atoms with Gasteiger partial charge in [-0.25, -0.2) is 9.78 Å². The molecule has 8 nitrogen and oxygen atoms in total. The Morgan fingerprint density at radius 3 is 3.05 bits per heavy atom. The van der Waals surface area contributed by atoms with Crippen LogP contribution in [0.4, 0.5) is 4.79 Å². The Kier molecular flexibility index (Phi) is 4.14. The van der Waals surface area contributed by atoms with Crippen molar-refractivity contribution in [2.45, 2.75) is 19.4 Å². The third-order valence-electron chi connectivity index (χ3n) is 4.03. The fraction of sp³-hybridized carbons (Fsp3) is 0.692. The summed E-state index contributed by atoms with van der Waals surface area (Å²) in [4.78, 5) is 31.0. The molecule has 0 bridgehead atoms. The lowest BCUT2D eigenvalue weighted by Crippen LogP contribution is -2.45. The van der Waals surface area contributed by atoms with E-state index in [-0.39, 0.29) is 11.9 Å². The second kappa shape index (κ2) is 6.21. The van der Waals surface area contributed by atoms with E-state index >= 15 is 0 Å². The Balaban J connectivity index is 1.51. The maximum Gasteiger partial charge on any atom is 0.324 e. The van der Waals surface area contributed by atoms with Gasteiger partial charge in [0.2, 0.25) is 5.91 Å². The number of aromatic nitrogens is 3. The van der Waals surface area contributed by atoms with Gasteiger partial charge in [0.25, 0.3) is 0 Å². The summed E-state index contributed by atoms with van der Waals surface area (Å²) >= 11 is 0. The number of carbonyl (C=O) groups is 2. The van der Waals surface area contributed by atoms with Crippen molar-refractivity contribution >= 4 is 11.9 Å². The molecule has 2 aliphatic heterocycles. The summed E-state index contributed by atoms with van der Waals surface area (Å²) in [5.74, 6) is 0.368. The Bertz CT molecular complexity index is 503. The molecule has 0 aliphatic carbocycles. The predicted molar refractivity (Wildman–Crippen MR) is 74.3 cm³/mol. The van der Waals surface area contributed by atoms with E-state index in [1.165, 1.54) is 11.2 Å². The number of amides is 3. The molecule has 1 N–H and O–H groups in total. The highest BCUT2D eigenvalue weighted by Gasteiger charge is 2.29. The standard InChI is InChI=1S/C13H20N6O2/c20-12(19-5-3-15-13(19)21)8-17-4-1-2-11(6-17)7-18-10-14-9-16-18/h9-11H,1-8H2,(H,15,21)/t11-/m0/s1. The molecule has 3 rings (SSSR count). The van der Waals surface area contributed by atoms with Gasteiger partial charge in [-0.1, -0.05) is 0 Å². The summed E-state index contributed by atoms with van der Waals surface area (Å²) in [7, 11) is 0. The van der Waals surface area contributed by atoms with Gasteiger partial charge in [-0.2, -0.15) is 5.10 Å². The van der Waals surface area contributed by atoms with E-state index in [1.807, 2.05) is 4.68 Å². The lowest BCUT2D eigenvalue weighted by atomic mass is 9.98. The number of urea groups is 1. The first-order valence-electron chi connectivity index (χ1n) is 7.35. The van der Waals surface area contributed by atoms with Crippen molar-refractivity contribution in [1.82, 2.24) is 29.9 Å². The molecule has 3 heterocycles. The molecule has 1 atom stereocenters. The number of nitrogens with zero attached hydrogens (tertiary/aromatic N) is 5. The quantitative estimate of drug-likeness (QED) is 0.812. The predicted octanol–water partition coefficient (Wildman–Crippen LogP) is -0.458. The van der Waals surface area contributed by atoms with E-state index in [4.69, 9.17) is 0 Å². The van der Waals surface area contributed by atoms with Gasteiger partial charge in [0.1, 0.15) is 12.7 Å². The fourth-order valence-corrected chi connectivity index (χ4v) is 3.02. The molecule has 0 radical (unpaired) electrons. The van der Waals surface area contributed by atoms with Crippen LogP contribution in [0.2, 0.25) is 0 Å². The molecule has 1 aromatic rings. The van der Waals surface area contributed by atoms with Crippen molar-refractivity contribution in [3.63, 3.8) is 0 Å². The molecule has 0 spiro atoms. The Morgan fingerprint density at radius 2 is 2.33 bits per heavy atom. The molecule has 2 aliphatic rings. The monoisotopic (exact) mass is 292 g/mol. The topological polar surface area (TPSA) is 83.4 Å². The molecule has 2 saturated heterocycles. The molecule has 21 heavy (non-hydrogen) atoms. The number of imide groups is 1. The molecule has 0 unspecified atom stereocenters. The summed E-state index contributed by atoms with van der Waals surface area (Å²) in [6.45, 7) is 3.96. The number of likely N-dealkylation sites (tertiary alicyclic amines) is 1. The molecule has 3 amide bonds. The fourth-order valence-electron chi connectivity index (χ4n) is 3.02. The van der Waals surface area contributed by atoms with Gasteiger partial charge in [-0.05, 0) is 25.3 Å². The van der Waals surface area contributed by atoms with Gasteiger partial charge in [-0.15, -0.1) is 0 Å². The zero-order chi connectivity index (χ0) is 14.7. The van der Waals surface area contributed by atoms with Crippen molar-refractivity contribution in [2.24, 2.45) is 5.92 Å². The van der Waals surface area contributed by atoms with Crippen molar-refractivity contribution < 1.29 is 9.59 Å². The second-order valence-corrected chi connectivity index (χ2v) is 5.64. The summed E-state index contributed by atoms with van der Waals surface area (Å²) in [5, 5.41) is 6.78. The van der Waals surface area contributed by atoms with E-state index in [1.54, 1.807) is 6.33 Å². The highest BCUT2D eigenvalue weighted by Crippen LogP contribution is 2.18. The summed E-state index contributed by atoms with van der Waals surface area (Å²) < 4.78 is 1.84. The number of nitrogens with one attached hydrogen (secondary N) is 1. The van der Waals surface area contributed by atoms with Crippen LogP contribution in [-0.2, 0) is 11.3 Å². The third kappa shape index (κ3) is 3.38. The molecular formula is C13H20N6O2. The molecule has 0 aromatic carbocycles. The average molecular weight is 292 g/mol. The average Bonchev–Trinajstić information content (AvgIpc) is 3.10. The van der Waals surface area contributed by atoms with Crippen LogP contribution < -0.4 is 5.32 Å². The van der Waals surface area contributed by atoms with Crippen LogP contribution in [-0.4, -0.2) is 69.2 Å². The van der Waals surface area contributed by atoms with Gasteiger partial charge >= 0.3 is 6.03 Å². The Hall–Kier alpha value is -1.96. The Labute approximate surface area is 123 Å². The minimum absolute atomic E-state index is 0.105. The first-order chi connectivity index (χ1) is 10.2. The minimum Gasteiger partial charge on any atom is -0.336 e. The molecule has 0 saturated carbocycles. The van der Waals surface area contributed by atoms with Gasteiger partial charge in [0.05, 0.1) is 6.54 Å². The van der Waals surface area contributed by atoms with Gasteiger partial charge in [-0.3, -0.25) is 19.3 Å². The van der Waals surface area contributed by atoms with Crippen LogP contribution in [0.15, 0.2) is 12.7 Å². The maximum atomic E-state index is 12.1. The van der Waals surface area contributed by atoms with Crippen molar-refractivity contribution in [2.75, 3.05) is 32.7 Å². The van der Waals surface area contributed by atoms with Gasteiger partial charge in [0.15, 0.2) is 0 Å². The minimum atomic E-state index is -0.267. The number of piperidine rings is 1. The molecule has 2 fully saturated rings. The largest absolute Gasteiger partial charge is 0.336 e. The number of hydrogen-bond donors (Lipinski definition) is 1. The number of hydrogen-bond acceptors (Lipinski definition) is 5. The lowest BCUT2D eigenvalue weighted by Gasteiger charge is -2.32. The SMILES string of the molecule is O=C(CN1CCC[C@H](Cn2cncn2)C1)N1CCNC1=O. The van der Waals surface area contributed by atoms with E-state index in [0.29, 0.717) is 25.6 Å². The van der Waals surface area contributed by atoms with Gasteiger partial charge in [0, 0.05) is 26.2 Å². The summed E-state index contributed by atoms with van der Waals surface area (Å²) in [6.07, 6.45) is 5.46.